The van der Waals surface area contributed by atoms with Crippen LogP contribution < -0.4 is 0 Å². The van der Waals surface area contributed by atoms with Crippen molar-refractivity contribution in [3.05, 3.63) is 30.1 Å². The molecule has 22 heavy (non-hydrogen) atoms. The van der Waals surface area contributed by atoms with E-state index in [1.807, 2.05) is 9.80 Å². The summed E-state index contributed by atoms with van der Waals surface area (Å²) in [5.41, 5.74) is 0.713. The number of carbonyl (C=O) groups is 2. The predicted molar refractivity (Wildman–Crippen MR) is 83.3 cm³/mol. The summed E-state index contributed by atoms with van der Waals surface area (Å²) < 4.78 is 0. The fourth-order valence-corrected chi connectivity index (χ4v) is 3.77. The summed E-state index contributed by atoms with van der Waals surface area (Å²) in [7, 11) is 0. The van der Waals surface area contributed by atoms with Gasteiger partial charge in [0, 0.05) is 50.6 Å². The van der Waals surface area contributed by atoms with Gasteiger partial charge in [-0.2, -0.15) is 0 Å². The van der Waals surface area contributed by atoms with Crippen LogP contribution in [0.5, 0.6) is 0 Å². The number of piperidine rings is 1. The fraction of sp³-hybridized carbons (Fsp3) is 0.588. The zero-order valence-electron chi connectivity index (χ0n) is 13.1. The molecule has 0 radical (unpaired) electrons. The van der Waals surface area contributed by atoms with Crippen molar-refractivity contribution in [2.24, 2.45) is 5.92 Å². The second-order valence-corrected chi connectivity index (χ2v) is 6.31. The first-order valence-electron chi connectivity index (χ1n) is 8.13. The molecule has 0 spiro atoms. The Bertz CT molecular complexity index is 546. The zero-order chi connectivity index (χ0) is 15.5. The summed E-state index contributed by atoms with van der Waals surface area (Å²) in [6.07, 6.45) is 7.51. The Hall–Kier alpha value is -1.91. The molecule has 3 rings (SSSR count). The third-order valence-electron chi connectivity index (χ3n) is 4.95. The van der Waals surface area contributed by atoms with Gasteiger partial charge in [0.05, 0.1) is 0 Å². The van der Waals surface area contributed by atoms with Crippen LogP contribution in [0.1, 0.15) is 43.0 Å². The first-order chi connectivity index (χ1) is 10.7. The lowest BCUT2D eigenvalue weighted by atomic mass is 9.88. The molecule has 2 fully saturated rings. The number of aromatic nitrogens is 1. The van der Waals surface area contributed by atoms with Gasteiger partial charge in [-0.25, -0.2) is 0 Å². The smallest absolute Gasteiger partial charge is 0.254 e. The average molecular weight is 301 g/mol. The van der Waals surface area contributed by atoms with E-state index in [4.69, 9.17) is 0 Å². The van der Waals surface area contributed by atoms with Crippen molar-refractivity contribution in [1.29, 1.82) is 0 Å². The highest BCUT2D eigenvalue weighted by molar-refractivity contribution is 5.94. The van der Waals surface area contributed by atoms with Crippen molar-refractivity contribution in [3.8, 4) is 0 Å². The maximum atomic E-state index is 12.8. The van der Waals surface area contributed by atoms with Crippen molar-refractivity contribution in [3.63, 3.8) is 0 Å². The molecule has 5 nitrogen and oxygen atoms in total. The lowest BCUT2D eigenvalue weighted by Gasteiger charge is -2.42. The highest BCUT2D eigenvalue weighted by atomic mass is 16.2. The van der Waals surface area contributed by atoms with E-state index < -0.39 is 0 Å². The largest absolute Gasteiger partial charge is 0.343 e. The standard InChI is InChI=1S/C17H23N3O2/c1-13(21)19-11-7-16-15(12-19)4-2-3-10-20(16)17(22)14-5-8-18-9-6-14/h5-6,8-9,15-16H,2-4,7,10-12H2,1H3/t15-,16-/m1/s1. The van der Waals surface area contributed by atoms with E-state index in [2.05, 4.69) is 4.98 Å². The van der Waals surface area contributed by atoms with Crippen LogP contribution in [0.3, 0.4) is 0 Å². The Kier molecular flexibility index (Phi) is 4.41. The van der Waals surface area contributed by atoms with Gasteiger partial charge in [-0.15, -0.1) is 0 Å². The Labute approximate surface area is 131 Å². The molecule has 118 valence electrons. The zero-order valence-corrected chi connectivity index (χ0v) is 13.1. The minimum Gasteiger partial charge on any atom is -0.343 e. The van der Waals surface area contributed by atoms with Crippen molar-refractivity contribution < 1.29 is 9.59 Å². The highest BCUT2D eigenvalue weighted by Crippen LogP contribution is 2.31. The monoisotopic (exact) mass is 301 g/mol. The quantitative estimate of drug-likeness (QED) is 0.796. The van der Waals surface area contributed by atoms with Gasteiger partial charge in [-0.1, -0.05) is 6.42 Å². The van der Waals surface area contributed by atoms with Gasteiger partial charge in [-0.3, -0.25) is 14.6 Å². The number of carbonyl (C=O) groups excluding carboxylic acids is 2. The maximum Gasteiger partial charge on any atom is 0.254 e. The molecule has 0 bridgehead atoms. The molecule has 0 aliphatic carbocycles. The normalized spacial score (nSPS) is 25.3. The maximum absolute atomic E-state index is 12.8. The van der Waals surface area contributed by atoms with Gasteiger partial charge < -0.3 is 9.80 Å². The Morgan fingerprint density at radius 1 is 1.14 bits per heavy atom. The van der Waals surface area contributed by atoms with E-state index in [0.717, 1.165) is 45.3 Å². The van der Waals surface area contributed by atoms with Crippen LogP contribution in [-0.4, -0.2) is 52.3 Å². The van der Waals surface area contributed by atoms with E-state index in [1.54, 1.807) is 31.5 Å². The third-order valence-corrected chi connectivity index (χ3v) is 4.95. The van der Waals surface area contributed by atoms with Crippen molar-refractivity contribution in [1.82, 2.24) is 14.8 Å². The predicted octanol–water partition coefficient (Wildman–Crippen LogP) is 1.94. The molecule has 0 aromatic carbocycles. The van der Waals surface area contributed by atoms with Gasteiger partial charge in [0.1, 0.15) is 0 Å². The summed E-state index contributed by atoms with van der Waals surface area (Å²) >= 11 is 0. The number of likely N-dealkylation sites (tertiary alicyclic amines) is 2. The second-order valence-electron chi connectivity index (χ2n) is 6.31. The van der Waals surface area contributed by atoms with Gasteiger partial charge in [-0.05, 0) is 37.3 Å². The SMILES string of the molecule is CC(=O)N1CC[C@@H]2[C@H](CCCCN2C(=O)c2ccncc2)C1. The van der Waals surface area contributed by atoms with E-state index in [0.29, 0.717) is 11.5 Å². The lowest BCUT2D eigenvalue weighted by Crippen LogP contribution is -2.53. The van der Waals surface area contributed by atoms with Gasteiger partial charge in [0.2, 0.25) is 5.91 Å². The lowest BCUT2D eigenvalue weighted by molar-refractivity contribution is -0.131. The van der Waals surface area contributed by atoms with Crippen molar-refractivity contribution in [2.45, 2.75) is 38.6 Å². The van der Waals surface area contributed by atoms with Crippen LogP contribution in [0.25, 0.3) is 0 Å². The van der Waals surface area contributed by atoms with Gasteiger partial charge >= 0.3 is 0 Å². The molecule has 2 amide bonds. The van der Waals surface area contributed by atoms with Gasteiger partial charge in [0.15, 0.2) is 0 Å². The highest BCUT2D eigenvalue weighted by Gasteiger charge is 2.37. The molecule has 0 unspecified atom stereocenters. The molecular weight excluding hydrogens is 278 g/mol. The minimum absolute atomic E-state index is 0.107. The Morgan fingerprint density at radius 3 is 2.64 bits per heavy atom. The fourth-order valence-electron chi connectivity index (χ4n) is 3.77. The topological polar surface area (TPSA) is 53.5 Å². The number of amides is 2. The molecular formula is C17H23N3O2. The number of hydrogen-bond acceptors (Lipinski definition) is 3. The molecule has 3 heterocycles. The van der Waals surface area contributed by atoms with Crippen molar-refractivity contribution in [2.75, 3.05) is 19.6 Å². The molecule has 5 heteroatoms. The minimum atomic E-state index is 0.107. The van der Waals surface area contributed by atoms with Crippen LogP contribution in [0.4, 0.5) is 0 Å². The van der Waals surface area contributed by atoms with Crippen LogP contribution in [0.2, 0.25) is 0 Å². The first kappa shape index (κ1) is 15.0. The summed E-state index contributed by atoms with van der Waals surface area (Å²) in [6.45, 7) is 4.01. The molecule has 0 saturated carbocycles. The van der Waals surface area contributed by atoms with Crippen LogP contribution >= 0.6 is 0 Å². The van der Waals surface area contributed by atoms with Crippen LogP contribution in [0, 0.1) is 5.92 Å². The number of nitrogens with zero attached hydrogens (tertiary/aromatic N) is 3. The summed E-state index contributed by atoms with van der Waals surface area (Å²) in [5, 5.41) is 0. The van der Waals surface area contributed by atoms with Crippen LogP contribution in [0.15, 0.2) is 24.5 Å². The molecule has 2 aliphatic rings. The van der Waals surface area contributed by atoms with Crippen molar-refractivity contribution >= 4 is 11.8 Å². The number of fused-ring (bicyclic) bond motifs is 1. The molecule has 2 atom stereocenters. The van der Waals surface area contributed by atoms with E-state index in [1.165, 1.54) is 0 Å². The Morgan fingerprint density at radius 2 is 1.91 bits per heavy atom. The molecule has 2 aliphatic heterocycles. The average Bonchev–Trinajstić information content (AvgIpc) is 2.76. The molecule has 1 aromatic heterocycles. The molecule has 1 aromatic rings. The van der Waals surface area contributed by atoms with Crippen LogP contribution in [-0.2, 0) is 4.79 Å². The summed E-state index contributed by atoms with van der Waals surface area (Å²) in [5.74, 6) is 0.663. The number of pyridine rings is 1. The Balaban J connectivity index is 1.79. The molecule has 2 saturated heterocycles. The third kappa shape index (κ3) is 2.98. The van der Waals surface area contributed by atoms with E-state index in [9.17, 15) is 9.59 Å². The summed E-state index contributed by atoms with van der Waals surface area (Å²) in [4.78, 5) is 32.4. The van der Waals surface area contributed by atoms with Gasteiger partial charge in [0.25, 0.3) is 5.91 Å². The number of hydrogen-bond donors (Lipinski definition) is 0. The summed E-state index contributed by atoms with van der Waals surface area (Å²) in [6, 6.07) is 3.83. The molecule has 0 N–H and O–H groups in total. The van der Waals surface area contributed by atoms with E-state index >= 15 is 0 Å². The van der Waals surface area contributed by atoms with E-state index in [-0.39, 0.29) is 17.9 Å². The first-order valence-corrected chi connectivity index (χ1v) is 8.13. The number of rotatable bonds is 1. The second kappa shape index (κ2) is 6.46.